The molecule has 4 nitrogen and oxygen atoms in total. The van der Waals surface area contributed by atoms with Crippen molar-refractivity contribution in [2.24, 2.45) is 0 Å². The predicted octanol–water partition coefficient (Wildman–Crippen LogP) is 9.99. The fourth-order valence-corrected chi connectivity index (χ4v) is 8.11. The smallest absolute Gasteiger partial charge is 0.101 e. The molecule has 0 bridgehead atoms. The Morgan fingerprint density at radius 2 is 0.930 bits per heavy atom. The predicted molar refractivity (Wildman–Crippen MR) is 177 cm³/mol. The summed E-state index contributed by atoms with van der Waals surface area (Å²) in [6.07, 6.45) is 0. The molecule has 9 aromatic rings. The molecule has 198 valence electrons. The van der Waals surface area contributed by atoms with Gasteiger partial charge >= 0.3 is 0 Å². The van der Waals surface area contributed by atoms with Crippen molar-refractivity contribution in [2.75, 3.05) is 0 Å². The van der Waals surface area contributed by atoms with E-state index in [1.54, 1.807) is 23.5 Å². The average Bonchev–Trinajstić information content (AvgIpc) is 3.71. The highest BCUT2D eigenvalue weighted by molar-refractivity contribution is 7.26. The summed E-state index contributed by atoms with van der Waals surface area (Å²) in [7, 11) is 0. The molecule has 3 heterocycles. The third kappa shape index (κ3) is 3.12. The minimum absolute atomic E-state index is 0.509. The first kappa shape index (κ1) is 23.8. The van der Waals surface area contributed by atoms with E-state index in [4.69, 9.17) is 0 Å². The maximum absolute atomic E-state index is 10.6. The van der Waals surface area contributed by atoms with Crippen LogP contribution in [0.15, 0.2) is 121 Å². The highest BCUT2D eigenvalue weighted by atomic mass is 32.1. The molecule has 0 fully saturated rings. The van der Waals surface area contributed by atoms with Crippen LogP contribution in [-0.4, -0.2) is 9.13 Å². The Bertz CT molecular complexity index is 2650. The minimum Gasteiger partial charge on any atom is -0.306 e. The lowest BCUT2D eigenvalue weighted by molar-refractivity contribution is 1.08. The Morgan fingerprint density at radius 3 is 1.53 bits per heavy atom. The monoisotopic (exact) mass is 564 g/mol. The van der Waals surface area contributed by atoms with Crippen molar-refractivity contribution in [3.8, 4) is 23.5 Å². The summed E-state index contributed by atoms with van der Waals surface area (Å²) >= 11 is 1.80. The molecule has 0 aliphatic carbocycles. The number of hydrogen-bond acceptors (Lipinski definition) is 3. The number of nitrogens with zero attached hydrogens (tertiary/aromatic N) is 4. The molecule has 0 N–H and O–H groups in total. The third-order valence-electron chi connectivity index (χ3n) is 8.60. The van der Waals surface area contributed by atoms with E-state index in [0.29, 0.717) is 22.5 Å². The first-order chi connectivity index (χ1) is 21.3. The number of rotatable bonds is 2. The maximum Gasteiger partial charge on any atom is 0.101 e. The Hall–Kier alpha value is -5.88. The van der Waals surface area contributed by atoms with Crippen LogP contribution in [0.1, 0.15) is 11.1 Å². The van der Waals surface area contributed by atoms with Crippen LogP contribution in [0, 0.1) is 22.7 Å². The van der Waals surface area contributed by atoms with E-state index >= 15 is 0 Å². The van der Waals surface area contributed by atoms with Crippen LogP contribution >= 0.6 is 11.3 Å². The molecular weight excluding hydrogens is 545 g/mol. The summed E-state index contributed by atoms with van der Waals surface area (Å²) in [6, 6.07) is 46.4. The maximum atomic E-state index is 10.6. The average molecular weight is 565 g/mol. The molecule has 6 aromatic carbocycles. The summed E-state index contributed by atoms with van der Waals surface area (Å²) < 4.78 is 6.84. The van der Waals surface area contributed by atoms with Crippen molar-refractivity contribution in [3.63, 3.8) is 0 Å². The van der Waals surface area contributed by atoms with Gasteiger partial charge < -0.3 is 9.13 Å². The zero-order valence-corrected chi connectivity index (χ0v) is 23.6. The van der Waals surface area contributed by atoms with E-state index in [1.807, 2.05) is 30.3 Å². The second-order valence-corrected chi connectivity index (χ2v) is 11.8. The molecule has 9 rings (SSSR count). The van der Waals surface area contributed by atoms with Crippen LogP contribution < -0.4 is 0 Å². The van der Waals surface area contributed by atoms with Crippen LogP contribution in [0.3, 0.4) is 0 Å². The summed E-state index contributed by atoms with van der Waals surface area (Å²) in [4.78, 5) is 0. The van der Waals surface area contributed by atoms with Crippen molar-refractivity contribution >= 4 is 75.1 Å². The molecule has 3 aromatic heterocycles. The Labute approximate surface area is 250 Å². The van der Waals surface area contributed by atoms with Gasteiger partial charge in [0.25, 0.3) is 0 Å². The van der Waals surface area contributed by atoms with E-state index in [-0.39, 0.29) is 0 Å². The summed E-state index contributed by atoms with van der Waals surface area (Å²) in [5.41, 5.74) is 6.42. The number of aromatic nitrogens is 2. The fraction of sp³-hybridized carbons (Fsp3) is 0. The lowest BCUT2D eigenvalue weighted by atomic mass is 10.1. The molecule has 0 saturated carbocycles. The normalized spacial score (nSPS) is 11.7. The first-order valence-corrected chi connectivity index (χ1v) is 14.9. The van der Waals surface area contributed by atoms with Crippen molar-refractivity contribution in [1.29, 1.82) is 10.5 Å². The molecule has 0 amide bonds. The third-order valence-corrected chi connectivity index (χ3v) is 9.80. The molecule has 43 heavy (non-hydrogen) atoms. The van der Waals surface area contributed by atoms with Gasteiger partial charge in [0.15, 0.2) is 0 Å². The van der Waals surface area contributed by atoms with Crippen molar-refractivity contribution < 1.29 is 0 Å². The van der Waals surface area contributed by atoms with E-state index in [2.05, 4.69) is 100 Å². The van der Waals surface area contributed by atoms with Crippen LogP contribution in [0.4, 0.5) is 0 Å². The second-order valence-electron chi connectivity index (χ2n) is 10.7. The van der Waals surface area contributed by atoms with Gasteiger partial charge in [-0.05, 0) is 42.5 Å². The minimum atomic E-state index is 0.509. The van der Waals surface area contributed by atoms with Crippen molar-refractivity contribution in [2.45, 2.75) is 0 Å². The van der Waals surface area contributed by atoms with Gasteiger partial charge in [0, 0.05) is 41.7 Å². The number of hydrogen-bond donors (Lipinski definition) is 0. The molecule has 5 heteroatoms. The van der Waals surface area contributed by atoms with E-state index in [1.165, 1.54) is 20.2 Å². The number of nitriles is 2. The van der Waals surface area contributed by atoms with Gasteiger partial charge in [-0.15, -0.1) is 11.3 Å². The van der Waals surface area contributed by atoms with Gasteiger partial charge in [0.05, 0.1) is 44.6 Å². The molecule has 0 spiro atoms. The number of benzene rings is 6. The van der Waals surface area contributed by atoms with E-state index in [0.717, 1.165) is 43.6 Å². The van der Waals surface area contributed by atoms with Crippen LogP contribution in [0.5, 0.6) is 0 Å². The number of para-hydroxylation sites is 3. The Kier molecular flexibility index (Phi) is 4.87. The SMILES string of the molecule is N#Cc1ccc(C#N)c(-n2c3ccccc3c3c4sc5ccccc5c4ccc32)c1-n1c2ccccc2c2ccccc21. The van der Waals surface area contributed by atoms with Gasteiger partial charge in [-0.3, -0.25) is 0 Å². The lowest BCUT2D eigenvalue weighted by Gasteiger charge is -2.19. The molecule has 0 saturated heterocycles. The van der Waals surface area contributed by atoms with Gasteiger partial charge in [-0.2, -0.15) is 10.5 Å². The largest absolute Gasteiger partial charge is 0.306 e. The summed E-state index contributed by atoms with van der Waals surface area (Å²) in [5, 5.41) is 28.1. The van der Waals surface area contributed by atoms with Crippen molar-refractivity contribution in [3.05, 3.63) is 132 Å². The molecule has 0 aliphatic rings. The van der Waals surface area contributed by atoms with Crippen LogP contribution in [-0.2, 0) is 0 Å². The Balaban J connectivity index is 1.52. The standard InChI is InChI=1S/C38H20N4S/c39-21-23-17-18-24(22-40)37(36(23)41-30-13-5-1-9-25(30)26-10-2-6-14-31(26)41)42-32-15-7-3-12-29(32)35-33(42)20-19-28-27-11-4-8-16-34(27)43-38(28)35/h1-20H. The highest BCUT2D eigenvalue weighted by Gasteiger charge is 2.25. The Morgan fingerprint density at radius 1 is 0.442 bits per heavy atom. The quantitative estimate of drug-likeness (QED) is 0.210. The molecule has 0 unspecified atom stereocenters. The van der Waals surface area contributed by atoms with Gasteiger partial charge in [0.1, 0.15) is 12.1 Å². The van der Waals surface area contributed by atoms with Crippen LogP contribution in [0.2, 0.25) is 0 Å². The molecule has 0 aliphatic heterocycles. The lowest BCUT2D eigenvalue weighted by Crippen LogP contribution is -2.08. The van der Waals surface area contributed by atoms with Gasteiger partial charge in [-0.1, -0.05) is 78.9 Å². The van der Waals surface area contributed by atoms with Gasteiger partial charge in [-0.25, -0.2) is 0 Å². The zero-order valence-electron chi connectivity index (χ0n) is 22.7. The van der Waals surface area contributed by atoms with Gasteiger partial charge in [0.2, 0.25) is 0 Å². The van der Waals surface area contributed by atoms with Crippen molar-refractivity contribution in [1.82, 2.24) is 9.13 Å². The summed E-state index contributed by atoms with van der Waals surface area (Å²) in [5.74, 6) is 0. The first-order valence-electron chi connectivity index (χ1n) is 14.1. The number of thiophene rings is 1. The topological polar surface area (TPSA) is 57.4 Å². The zero-order chi connectivity index (χ0) is 28.7. The van der Waals surface area contributed by atoms with Crippen LogP contribution in [0.25, 0.3) is 75.2 Å². The highest BCUT2D eigenvalue weighted by Crippen LogP contribution is 2.45. The van der Waals surface area contributed by atoms with E-state index < -0.39 is 0 Å². The molecule has 0 atom stereocenters. The molecule has 0 radical (unpaired) electrons. The number of fused-ring (bicyclic) bond motifs is 10. The fourth-order valence-electron chi connectivity index (χ4n) is 6.85. The molecular formula is C38H20N4S. The van der Waals surface area contributed by atoms with E-state index in [9.17, 15) is 10.5 Å². The summed E-state index contributed by atoms with van der Waals surface area (Å²) in [6.45, 7) is 0. The second kappa shape index (κ2) is 8.81.